The van der Waals surface area contributed by atoms with Gasteiger partial charge in [-0.3, -0.25) is 14.3 Å². The van der Waals surface area contributed by atoms with Crippen LogP contribution in [0, 0.1) is 13.8 Å². The highest BCUT2D eigenvalue weighted by Gasteiger charge is 2.27. The summed E-state index contributed by atoms with van der Waals surface area (Å²) in [5.41, 5.74) is 5.18. The van der Waals surface area contributed by atoms with Crippen LogP contribution < -0.4 is 0 Å². The molecule has 2 aromatic carbocycles. The van der Waals surface area contributed by atoms with Gasteiger partial charge in [0.05, 0.1) is 5.69 Å². The maximum atomic E-state index is 13.1. The summed E-state index contributed by atoms with van der Waals surface area (Å²) in [6.45, 7) is 4.18. The molecule has 0 saturated carbocycles. The molecule has 0 aliphatic heterocycles. The average molecular weight is 444 g/mol. The van der Waals surface area contributed by atoms with E-state index in [2.05, 4.69) is 47.2 Å². The smallest absolute Gasteiger partial charge is 0.240 e. The topological polar surface area (TPSA) is 63.9 Å². The van der Waals surface area contributed by atoms with Crippen LogP contribution in [0.15, 0.2) is 78.2 Å². The number of pyridine rings is 1. The van der Waals surface area contributed by atoms with Crippen molar-refractivity contribution in [2.45, 2.75) is 24.3 Å². The summed E-state index contributed by atoms with van der Waals surface area (Å²) in [5.74, 6) is 0.712. The number of aromatic nitrogens is 4. The van der Waals surface area contributed by atoms with Crippen molar-refractivity contribution in [2.24, 2.45) is 0 Å². The molecule has 0 N–H and O–H groups in total. The minimum absolute atomic E-state index is 0.00120. The first-order valence-electron chi connectivity index (χ1n) is 10.3. The molecule has 0 spiro atoms. The molecule has 1 amide bonds. The fourth-order valence-corrected chi connectivity index (χ4v) is 4.56. The van der Waals surface area contributed by atoms with Crippen molar-refractivity contribution in [3.05, 3.63) is 89.7 Å². The Bertz CT molecular complexity index is 1220. The molecule has 32 heavy (non-hydrogen) atoms. The molecule has 0 aliphatic carbocycles. The number of benzene rings is 2. The van der Waals surface area contributed by atoms with Gasteiger partial charge in [0.1, 0.15) is 5.25 Å². The van der Waals surface area contributed by atoms with Crippen LogP contribution in [0.3, 0.4) is 0 Å². The molecule has 0 bridgehead atoms. The second kappa shape index (κ2) is 9.36. The normalized spacial score (nSPS) is 11.9. The Kier molecular flexibility index (Phi) is 6.37. The molecule has 0 aliphatic rings. The summed E-state index contributed by atoms with van der Waals surface area (Å²) in [7, 11) is 3.55. The van der Waals surface area contributed by atoms with E-state index in [1.165, 1.54) is 22.9 Å². The lowest BCUT2D eigenvalue weighted by atomic mass is 10.1. The van der Waals surface area contributed by atoms with Gasteiger partial charge in [-0.05, 0) is 54.8 Å². The largest absolute Gasteiger partial charge is 0.348 e. The first-order valence-corrected chi connectivity index (χ1v) is 11.2. The fraction of sp³-hybridized carbons (Fsp3) is 0.200. The molecule has 6 nitrogen and oxygen atoms in total. The van der Waals surface area contributed by atoms with Crippen molar-refractivity contribution < 1.29 is 4.79 Å². The number of amides is 1. The van der Waals surface area contributed by atoms with E-state index >= 15 is 0 Å². The first kappa shape index (κ1) is 21.8. The highest BCUT2D eigenvalue weighted by molar-refractivity contribution is 8.00. The Morgan fingerprint density at radius 2 is 1.66 bits per heavy atom. The number of aryl methyl sites for hydroxylation is 2. The molecule has 2 aromatic heterocycles. The molecule has 7 heteroatoms. The summed E-state index contributed by atoms with van der Waals surface area (Å²) in [5, 5.41) is 9.24. The molecule has 4 rings (SSSR count). The molecular formula is C25H25N5OS. The predicted molar refractivity (Wildman–Crippen MR) is 128 cm³/mol. The van der Waals surface area contributed by atoms with Crippen molar-refractivity contribution in [1.82, 2.24) is 24.6 Å². The molecule has 0 radical (unpaired) electrons. The first-order chi connectivity index (χ1) is 15.5. The van der Waals surface area contributed by atoms with Crippen molar-refractivity contribution in [3.63, 3.8) is 0 Å². The van der Waals surface area contributed by atoms with Crippen molar-refractivity contribution >= 4 is 17.7 Å². The van der Waals surface area contributed by atoms with E-state index in [0.717, 1.165) is 16.8 Å². The number of rotatable bonds is 6. The predicted octanol–water partition coefficient (Wildman–Crippen LogP) is 4.87. The van der Waals surface area contributed by atoms with E-state index in [9.17, 15) is 4.79 Å². The summed E-state index contributed by atoms with van der Waals surface area (Å²) in [6, 6.07) is 19.9. The summed E-state index contributed by atoms with van der Waals surface area (Å²) in [4.78, 5) is 18.9. The summed E-state index contributed by atoms with van der Waals surface area (Å²) in [6.07, 6.45) is 3.48. The van der Waals surface area contributed by atoms with E-state index in [1.54, 1.807) is 31.4 Å². The fourth-order valence-electron chi connectivity index (χ4n) is 3.36. The van der Waals surface area contributed by atoms with Crippen LogP contribution in [0.2, 0.25) is 0 Å². The summed E-state index contributed by atoms with van der Waals surface area (Å²) >= 11 is 1.41. The highest BCUT2D eigenvalue weighted by Crippen LogP contribution is 2.38. The number of hydrogen-bond acceptors (Lipinski definition) is 5. The minimum atomic E-state index is -0.439. The zero-order valence-corrected chi connectivity index (χ0v) is 19.4. The van der Waals surface area contributed by atoms with Crippen molar-refractivity contribution in [2.75, 3.05) is 14.1 Å². The number of carbonyl (C=O) groups excluding carboxylic acids is 1. The lowest BCUT2D eigenvalue weighted by Gasteiger charge is -2.21. The van der Waals surface area contributed by atoms with Crippen LogP contribution in [-0.2, 0) is 4.79 Å². The van der Waals surface area contributed by atoms with E-state index in [4.69, 9.17) is 0 Å². The van der Waals surface area contributed by atoms with Gasteiger partial charge in [-0.15, -0.1) is 10.2 Å². The molecule has 162 valence electrons. The zero-order valence-electron chi connectivity index (χ0n) is 18.6. The number of likely N-dealkylation sites (N-methyl/N-ethyl adjacent to an activating group) is 1. The monoisotopic (exact) mass is 443 g/mol. The van der Waals surface area contributed by atoms with Gasteiger partial charge in [0, 0.05) is 32.1 Å². The molecular weight excluding hydrogens is 418 g/mol. The Morgan fingerprint density at radius 1 is 0.938 bits per heavy atom. The van der Waals surface area contributed by atoms with Crippen molar-refractivity contribution in [3.8, 4) is 17.1 Å². The van der Waals surface area contributed by atoms with E-state index in [1.807, 2.05) is 47.0 Å². The van der Waals surface area contributed by atoms with Crippen LogP contribution in [0.5, 0.6) is 0 Å². The van der Waals surface area contributed by atoms with Crippen LogP contribution >= 0.6 is 11.8 Å². The van der Waals surface area contributed by atoms with Crippen LogP contribution in [0.1, 0.15) is 21.9 Å². The number of thioether (sulfide) groups is 1. The van der Waals surface area contributed by atoms with Gasteiger partial charge in [0.15, 0.2) is 11.0 Å². The highest BCUT2D eigenvalue weighted by atomic mass is 32.2. The maximum Gasteiger partial charge on any atom is 0.240 e. The molecule has 0 saturated heterocycles. The lowest BCUT2D eigenvalue weighted by molar-refractivity contribution is -0.128. The average Bonchev–Trinajstić information content (AvgIpc) is 3.23. The second-order valence-corrected chi connectivity index (χ2v) is 8.86. The van der Waals surface area contributed by atoms with Gasteiger partial charge in [-0.25, -0.2) is 0 Å². The van der Waals surface area contributed by atoms with Crippen molar-refractivity contribution in [1.29, 1.82) is 0 Å². The van der Waals surface area contributed by atoms with Gasteiger partial charge in [-0.2, -0.15) is 0 Å². The maximum absolute atomic E-state index is 13.1. The molecule has 1 atom stereocenters. The van der Waals surface area contributed by atoms with Crippen LogP contribution in [-0.4, -0.2) is 44.7 Å². The van der Waals surface area contributed by atoms with E-state index in [0.29, 0.717) is 11.0 Å². The number of carbonyl (C=O) groups is 1. The van der Waals surface area contributed by atoms with E-state index < -0.39 is 5.25 Å². The third-order valence-corrected chi connectivity index (χ3v) is 6.50. The van der Waals surface area contributed by atoms with Gasteiger partial charge < -0.3 is 4.90 Å². The van der Waals surface area contributed by atoms with Crippen LogP contribution in [0.4, 0.5) is 0 Å². The number of hydrogen-bond donors (Lipinski definition) is 0. The van der Waals surface area contributed by atoms with Gasteiger partial charge in [0.2, 0.25) is 5.91 Å². The molecule has 0 fully saturated rings. The zero-order chi connectivity index (χ0) is 22.7. The Morgan fingerprint density at radius 3 is 2.31 bits per heavy atom. The molecule has 2 heterocycles. The minimum Gasteiger partial charge on any atom is -0.348 e. The van der Waals surface area contributed by atoms with Crippen LogP contribution in [0.25, 0.3) is 17.1 Å². The van der Waals surface area contributed by atoms with Gasteiger partial charge in [0.25, 0.3) is 0 Å². The third-order valence-electron chi connectivity index (χ3n) is 5.31. The Balaban J connectivity index is 1.85. The quantitative estimate of drug-likeness (QED) is 0.398. The van der Waals surface area contributed by atoms with Gasteiger partial charge in [-0.1, -0.05) is 48.2 Å². The Hall–Kier alpha value is -3.45. The molecule has 1 unspecified atom stereocenters. The standard InChI is InChI=1S/C25H25N5OS/c1-17-10-11-21(16-18(17)2)30-23(20-12-14-26-15-13-20)27-28-25(30)32-22(24(31)29(3)4)19-8-6-5-7-9-19/h5-16,22H,1-4H3. The third kappa shape index (κ3) is 4.43. The SMILES string of the molecule is Cc1ccc(-n2c(SC(C(=O)N(C)C)c3ccccc3)nnc2-c2ccncc2)cc1C. The molecule has 4 aromatic rings. The Labute approximate surface area is 192 Å². The second-order valence-electron chi connectivity index (χ2n) is 7.79. The summed E-state index contributed by atoms with van der Waals surface area (Å²) < 4.78 is 2.02. The lowest BCUT2D eigenvalue weighted by Crippen LogP contribution is -2.27. The number of nitrogens with zero attached hydrogens (tertiary/aromatic N) is 5. The van der Waals surface area contributed by atoms with Gasteiger partial charge >= 0.3 is 0 Å². The van der Waals surface area contributed by atoms with E-state index in [-0.39, 0.29) is 5.91 Å².